The predicted octanol–water partition coefficient (Wildman–Crippen LogP) is 15.0. The van der Waals surface area contributed by atoms with Crippen LogP contribution in [0.5, 0.6) is 0 Å². The fourth-order valence-electron chi connectivity index (χ4n) is 6.01. The molecule has 0 saturated heterocycles. The van der Waals surface area contributed by atoms with E-state index in [-0.39, 0.29) is 37.5 Å². The van der Waals surface area contributed by atoms with Crippen molar-refractivity contribution in [2.45, 2.75) is 200 Å². The fraction of sp³-hybridized carbons (Fsp3) is 0.635. The Kier molecular flexibility index (Phi) is 43.1. The third-order valence-corrected chi connectivity index (χ3v) is 9.46. The smallest absolute Gasteiger partial charge is 0.306 e. The molecule has 6 nitrogen and oxygen atoms in total. The van der Waals surface area contributed by atoms with Crippen molar-refractivity contribution in [3.8, 4) is 0 Å². The van der Waals surface area contributed by atoms with Crippen LogP contribution in [0.3, 0.4) is 0 Å². The van der Waals surface area contributed by atoms with E-state index in [1.807, 2.05) is 48.6 Å². The van der Waals surface area contributed by atoms with E-state index in [9.17, 15) is 14.4 Å². The number of ether oxygens (including phenoxy) is 3. The minimum absolute atomic E-state index is 0.115. The normalized spacial score (nSPS) is 12.9. The van der Waals surface area contributed by atoms with Crippen molar-refractivity contribution in [2.24, 2.45) is 0 Å². The van der Waals surface area contributed by atoms with Crippen LogP contribution >= 0.6 is 0 Å². The maximum Gasteiger partial charge on any atom is 0.306 e. The Balaban J connectivity index is 4.52. The Morgan fingerprint density at radius 1 is 0.379 bits per heavy atom. The molecule has 0 saturated carbocycles. The van der Waals surface area contributed by atoms with Gasteiger partial charge in [-0.2, -0.15) is 0 Å². The number of hydrogen-bond acceptors (Lipinski definition) is 6. The van der Waals surface area contributed by atoms with Crippen LogP contribution < -0.4 is 0 Å². The molecule has 0 aliphatic heterocycles. The van der Waals surface area contributed by atoms with Gasteiger partial charge >= 0.3 is 17.9 Å². The molecule has 0 aliphatic rings. The average Bonchev–Trinajstić information content (AvgIpc) is 3.22. The fourth-order valence-corrected chi connectivity index (χ4v) is 6.01. The van der Waals surface area contributed by atoms with Crippen LogP contribution in [0.1, 0.15) is 194 Å². The van der Waals surface area contributed by atoms with Crippen molar-refractivity contribution in [3.63, 3.8) is 0 Å². The molecule has 0 aliphatic carbocycles. The second kappa shape index (κ2) is 46.0. The molecule has 0 radical (unpaired) electrons. The summed E-state index contributed by atoms with van der Waals surface area (Å²) in [5, 5.41) is 0. The van der Waals surface area contributed by atoms with Gasteiger partial charge in [-0.1, -0.05) is 208 Å². The monoisotopic (exact) mass is 805 g/mol. The van der Waals surface area contributed by atoms with Gasteiger partial charge in [-0.3, -0.25) is 14.4 Å². The van der Waals surface area contributed by atoms with Gasteiger partial charge in [0.2, 0.25) is 0 Å². The first-order valence-corrected chi connectivity index (χ1v) is 23.3. The van der Waals surface area contributed by atoms with Crippen LogP contribution in [0.2, 0.25) is 0 Å². The van der Waals surface area contributed by atoms with Gasteiger partial charge in [0, 0.05) is 19.3 Å². The second-order valence-corrected chi connectivity index (χ2v) is 15.0. The first-order chi connectivity index (χ1) is 28.5. The highest BCUT2D eigenvalue weighted by atomic mass is 16.6. The van der Waals surface area contributed by atoms with Crippen LogP contribution in [0.25, 0.3) is 0 Å². The zero-order valence-corrected chi connectivity index (χ0v) is 37.3. The quantitative estimate of drug-likeness (QED) is 0.0202. The zero-order chi connectivity index (χ0) is 42.3. The van der Waals surface area contributed by atoms with Crippen molar-refractivity contribution in [1.82, 2.24) is 0 Å². The summed E-state index contributed by atoms with van der Waals surface area (Å²) < 4.78 is 16.6. The molecule has 0 aromatic heterocycles. The van der Waals surface area contributed by atoms with Gasteiger partial charge in [0.05, 0.1) is 0 Å². The highest BCUT2D eigenvalue weighted by molar-refractivity contribution is 5.71. The van der Waals surface area contributed by atoms with Gasteiger partial charge < -0.3 is 14.2 Å². The molecule has 1 unspecified atom stereocenters. The predicted molar refractivity (Wildman–Crippen MR) is 247 cm³/mol. The van der Waals surface area contributed by atoms with E-state index in [0.29, 0.717) is 19.3 Å². The molecule has 328 valence electrons. The highest BCUT2D eigenvalue weighted by Gasteiger charge is 2.19. The Morgan fingerprint density at radius 2 is 0.776 bits per heavy atom. The standard InChI is InChI=1S/C52H84O6/c1-4-7-10-13-16-19-22-24-26-28-30-33-36-39-42-45-51(54)57-48-49(47-56-50(53)44-41-38-35-32-29-21-18-15-12-9-6-3)58-52(55)46-43-40-37-34-31-27-25-23-20-17-14-11-8-5-2/h7,9-10,12-13,16,18-19,21-22,24,26,28,30,32,35,49H,4-6,8,11,14-15,17,20,23,25,27,29,31,33-34,36-48H2,1-3H3/b10-7-,12-9-,16-13-,21-18-,22-19-,26-24-,30-28-,35-32-. The molecule has 0 aromatic rings. The number of esters is 3. The van der Waals surface area contributed by atoms with E-state index < -0.39 is 6.10 Å². The van der Waals surface area contributed by atoms with Crippen LogP contribution in [-0.2, 0) is 28.6 Å². The summed E-state index contributed by atoms with van der Waals surface area (Å²) in [6.45, 7) is 6.27. The van der Waals surface area contributed by atoms with E-state index >= 15 is 0 Å². The summed E-state index contributed by atoms with van der Waals surface area (Å²) in [7, 11) is 0. The number of carbonyl (C=O) groups is 3. The third kappa shape index (κ3) is 43.5. The summed E-state index contributed by atoms with van der Waals surface area (Å²) in [6.07, 6.45) is 59.7. The number of rotatable bonds is 40. The van der Waals surface area contributed by atoms with Crippen molar-refractivity contribution in [1.29, 1.82) is 0 Å². The van der Waals surface area contributed by atoms with Crippen LogP contribution in [0, 0.1) is 0 Å². The molecule has 0 heterocycles. The molecule has 0 fully saturated rings. The Morgan fingerprint density at radius 3 is 1.31 bits per heavy atom. The molecule has 0 aromatic carbocycles. The maximum atomic E-state index is 12.7. The molecule has 0 spiro atoms. The van der Waals surface area contributed by atoms with Gasteiger partial charge in [-0.15, -0.1) is 0 Å². The number of unbranched alkanes of at least 4 members (excludes halogenated alkanes) is 17. The summed E-state index contributed by atoms with van der Waals surface area (Å²) in [6, 6.07) is 0. The van der Waals surface area contributed by atoms with Crippen molar-refractivity contribution >= 4 is 17.9 Å². The van der Waals surface area contributed by atoms with Crippen molar-refractivity contribution < 1.29 is 28.6 Å². The third-order valence-electron chi connectivity index (χ3n) is 9.46. The zero-order valence-electron chi connectivity index (χ0n) is 37.3. The minimum Gasteiger partial charge on any atom is -0.462 e. The first-order valence-electron chi connectivity index (χ1n) is 23.3. The number of carbonyl (C=O) groups excluding carboxylic acids is 3. The van der Waals surface area contributed by atoms with E-state index in [2.05, 4.69) is 69.4 Å². The molecule has 0 N–H and O–H groups in total. The molecule has 58 heavy (non-hydrogen) atoms. The van der Waals surface area contributed by atoms with Gasteiger partial charge in [0.25, 0.3) is 0 Å². The Bertz CT molecular complexity index is 1200. The lowest BCUT2D eigenvalue weighted by atomic mass is 10.0. The largest absolute Gasteiger partial charge is 0.462 e. The average molecular weight is 805 g/mol. The van der Waals surface area contributed by atoms with E-state index in [4.69, 9.17) is 14.2 Å². The van der Waals surface area contributed by atoms with Crippen LogP contribution in [0.4, 0.5) is 0 Å². The van der Waals surface area contributed by atoms with E-state index in [1.54, 1.807) is 0 Å². The molecule has 1 atom stereocenters. The molecule has 0 rings (SSSR count). The summed E-state index contributed by atoms with van der Waals surface area (Å²) in [5.41, 5.74) is 0. The lowest BCUT2D eigenvalue weighted by molar-refractivity contribution is -0.167. The Labute approximate surface area is 356 Å². The Hall–Kier alpha value is -3.67. The number of allylic oxidation sites excluding steroid dienone is 16. The summed E-state index contributed by atoms with van der Waals surface area (Å²) >= 11 is 0. The lowest BCUT2D eigenvalue weighted by Crippen LogP contribution is -2.30. The van der Waals surface area contributed by atoms with Gasteiger partial charge in [-0.05, 0) is 64.2 Å². The molecule has 0 bridgehead atoms. The molecular formula is C52H84O6. The molecular weight excluding hydrogens is 721 g/mol. The van der Waals surface area contributed by atoms with Crippen molar-refractivity contribution in [2.75, 3.05) is 13.2 Å². The second-order valence-electron chi connectivity index (χ2n) is 15.0. The van der Waals surface area contributed by atoms with Crippen LogP contribution in [-0.4, -0.2) is 37.2 Å². The van der Waals surface area contributed by atoms with Gasteiger partial charge in [0.15, 0.2) is 6.10 Å². The molecule has 0 amide bonds. The number of hydrogen-bond donors (Lipinski definition) is 0. The topological polar surface area (TPSA) is 78.9 Å². The van der Waals surface area contributed by atoms with Crippen LogP contribution in [0.15, 0.2) is 97.2 Å². The highest BCUT2D eigenvalue weighted by Crippen LogP contribution is 2.14. The first kappa shape index (κ1) is 54.3. The molecule has 6 heteroatoms. The van der Waals surface area contributed by atoms with Gasteiger partial charge in [-0.25, -0.2) is 0 Å². The summed E-state index contributed by atoms with van der Waals surface area (Å²) in [5.74, 6) is -1.01. The minimum atomic E-state index is -0.812. The van der Waals surface area contributed by atoms with Crippen molar-refractivity contribution in [3.05, 3.63) is 97.2 Å². The van der Waals surface area contributed by atoms with E-state index in [1.165, 1.54) is 70.6 Å². The summed E-state index contributed by atoms with van der Waals surface area (Å²) in [4.78, 5) is 37.8. The maximum absolute atomic E-state index is 12.7. The van der Waals surface area contributed by atoms with Gasteiger partial charge in [0.1, 0.15) is 13.2 Å². The SMILES string of the molecule is CC\C=C/C=C\C=C/C=C\C=C/CCCCCC(=O)OCC(COC(=O)CCC/C=C\C/C=C\C/C=C\CC)OC(=O)CCCCCCCCCCCCCCCC. The van der Waals surface area contributed by atoms with E-state index in [0.717, 1.165) is 77.0 Å². The lowest BCUT2D eigenvalue weighted by Gasteiger charge is -2.18.